The topological polar surface area (TPSA) is 95.9 Å². The van der Waals surface area contributed by atoms with Crippen molar-refractivity contribution in [1.82, 2.24) is 5.32 Å². The lowest BCUT2D eigenvalue weighted by molar-refractivity contribution is -0.140. The molecule has 2 aliphatic rings. The minimum atomic E-state index is -0.937. The molecular weight excluding hydrogens is 380 g/mol. The van der Waals surface area contributed by atoms with Gasteiger partial charge in [0, 0.05) is 4.47 Å². The number of fused-ring (bicyclic) bond motifs is 1. The van der Waals surface area contributed by atoms with Crippen molar-refractivity contribution in [2.24, 2.45) is 0 Å². The van der Waals surface area contributed by atoms with Gasteiger partial charge in [-0.25, -0.2) is 0 Å². The molecule has 2 amide bonds. The Morgan fingerprint density at radius 1 is 1.38 bits per heavy atom. The largest absolute Gasteiger partial charge is 0.482 e. The smallest absolute Gasteiger partial charge is 0.305 e. The molecule has 1 aliphatic carbocycles. The number of rotatable bonds is 5. The highest BCUT2D eigenvalue weighted by molar-refractivity contribution is 9.10. The third kappa shape index (κ3) is 3.38. The number of nitrogens with zero attached hydrogens (tertiary/aromatic N) is 1. The van der Waals surface area contributed by atoms with E-state index in [1.165, 1.54) is 4.90 Å². The number of halogens is 1. The molecule has 3 rings (SSSR count). The Balaban J connectivity index is 1.72. The SMILES string of the molecule is O=C(O)CC1(NC(=O)CN2C(=O)COc3cc(Br)ccc32)CCC1. The van der Waals surface area contributed by atoms with Crippen molar-refractivity contribution in [2.45, 2.75) is 31.2 Å². The molecule has 0 atom stereocenters. The first-order valence-electron chi connectivity index (χ1n) is 7.64. The fraction of sp³-hybridized carbons (Fsp3) is 0.438. The molecule has 1 fully saturated rings. The number of hydrogen-bond acceptors (Lipinski definition) is 4. The Hall–Kier alpha value is -2.09. The number of aliphatic carboxylic acids is 1. The monoisotopic (exact) mass is 396 g/mol. The van der Waals surface area contributed by atoms with Crippen molar-refractivity contribution >= 4 is 39.4 Å². The van der Waals surface area contributed by atoms with E-state index >= 15 is 0 Å². The van der Waals surface area contributed by atoms with E-state index in [9.17, 15) is 14.4 Å². The van der Waals surface area contributed by atoms with E-state index in [1.807, 2.05) is 0 Å². The standard InChI is InChI=1S/C16H17BrN2O5/c17-10-2-3-11-12(6-10)24-9-14(21)19(11)8-13(20)18-16(4-1-5-16)7-15(22)23/h2-3,6H,1,4-5,7-9H2,(H,18,20)(H,22,23). The zero-order valence-corrected chi connectivity index (χ0v) is 14.5. The molecule has 1 aliphatic heterocycles. The molecule has 1 aromatic carbocycles. The van der Waals surface area contributed by atoms with Gasteiger partial charge in [0.25, 0.3) is 5.91 Å². The molecule has 0 unspecified atom stereocenters. The van der Waals surface area contributed by atoms with Gasteiger partial charge in [0.15, 0.2) is 6.61 Å². The number of ether oxygens (including phenoxy) is 1. The van der Waals surface area contributed by atoms with Crippen LogP contribution in [0.25, 0.3) is 0 Å². The van der Waals surface area contributed by atoms with Crippen molar-refractivity contribution in [3.8, 4) is 5.75 Å². The first-order chi connectivity index (χ1) is 11.4. The molecule has 2 N–H and O–H groups in total. The summed E-state index contributed by atoms with van der Waals surface area (Å²) in [7, 11) is 0. The number of carbonyl (C=O) groups is 3. The van der Waals surface area contributed by atoms with Gasteiger partial charge in [-0.2, -0.15) is 0 Å². The second-order valence-corrected chi connectivity index (χ2v) is 7.05. The number of anilines is 1. The maximum Gasteiger partial charge on any atom is 0.305 e. The van der Waals surface area contributed by atoms with Crippen molar-refractivity contribution in [1.29, 1.82) is 0 Å². The van der Waals surface area contributed by atoms with Gasteiger partial charge in [0.2, 0.25) is 5.91 Å². The maximum absolute atomic E-state index is 12.4. The number of benzene rings is 1. The molecule has 1 heterocycles. The van der Waals surface area contributed by atoms with Crippen LogP contribution in [0.1, 0.15) is 25.7 Å². The second kappa shape index (κ2) is 6.43. The molecule has 0 spiro atoms. The molecular formula is C16H17BrN2O5. The lowest BCUT2D eigenvalue weighted by Gasteiger charge is -2.42. The summed E-state index contributed by atoms with van der Waals surface area (Å²) in [6.07, 6.45) is 2.08. The molecule has 1 aromatic rings. The molecule has 8 heteroatoms. The normalized spacial score (nSPS) is 18.2. The molecule has 0 aromatic heterocycles. The predicted octanol–water partition coefficient (Wildman–Crippen LogP) is 1.69. The third-order valence-corrected chi connectivity index (χ3v) is 4.86. The Labute approximate surface area is 147 Å². The van der Waals surface area contributed by atoms with Crippen LogP contribution in [0.15, 0.2) is 22.7 Å². The summed E-state index contributed by atoms with van der Waals surface area (Å²) in [6, 6.07) is 5.22. The predicted molar refractivity (Wildman–Crippen MR) is 89.0 cm³/mol. The molecule has 0 saturated heterocycles. The second-order valence-electron chi connectivity index (χ2n) is 6.13. The highest BCUT2D eigenvalue weighted by Crippen LogP contribution is 2.36. The highest BCUT2D eigenvalue weighted by atomic mass is 79.9. The van der Waals surface area contributed by atoms with E-state index in [2.05, 4.69) is 21.2 Å². The number of carbonyl (C=O) groups excluding carboxylic acids is 2. The van der Waals surface area contributed by atoms with E-state index in [0.717, 1.165) is 10.9 Å². The minimum Gasteiger partial charge on any atom is -0.482 e. The Bertz CT molecular complexity index is 702. The van der Waals surface area contributed by atoms with Crippen molar-refractivity contribution < 1.29 is 24.2 Å². The first kappa shape index (κ1) is 16.8. The molecule has 0 bridgehead atoms. The number of carboxylic acids is 1. The highest BCUT2D eigenvalue weighted by Gasteiger charge is 2.41. The van der Waals surface area contributed by atoms with E-state index < -0.39 is 11.5 Å². The van der Waals surface area contributed by atoms with Crippen LogP contribution in [-0.2, 0) is 14.4 Å². The zero-order valence-electron chi connectivity index (χ0n) is 12.9. The van der Waals surface area contributed by atoms with E-state index in [-0.39, 0.29) is 31.4 Å². The van der Waals surface area contributed by atoms with Gasteiger partial charge in [-0.15, -0.1) is 0 Å². The number of nitrogens with one attached hydrogen (secondary N) is 1. The van der Waals surface area contributed by atoms with Crippen LogP contribution in [0, 0.1) is 0 Å². The van der Waals surface area contributed by atoms with Gasteiger partial charge in [-0.3, -0.25) is 19.3 Å². The fourth-order valence-electron chi connectivity index (χ4n) is 3.07. The molecule has 1 saturated carbocycles. The van der Waals surface area contributed by atoms with Gasteiger partial charge < -0.3 is 15.2 Å². The summed E-state index contributed by atoms with van der Waals surface area (Å²) in [5.41, 5.74) is -0.147. The van der Waals surface area contributed by atoms with Crippen LogP contribution < -0.4 is 15.0 Å². The summed E-state index contributed by atoms with van der Waals surface area (Å²) in [5.74, 6) is -1.07. The van der Waals surface area contributed by atoms with Crippen LogP contribution in [0.2, 0.25) is 0 Å². The third-order valence-electron chi connectivity index (χ3n) is 4.37. The summed E-state index contributed by atoms with van der Waals surface area (Å²) >= 11 is 3.34. The van der Waals surface area contributed by atoms with E-state index in [4.69, 9.17) is 9.84 Å². The number of carboxylic acid groups (broad SMARTS) is 1. The van der Waals surface area contributed by atoms with Crippen LogP contribution in [0.4, 0.5) is 5.69 Å². The fourth-order valence-corrected chi connectivity index (χ4v) is 3.41. The van der Waals surface area contributed by atoms with Gasteiger partial charge in [-0.05, 0) is 37.5 Å². The lowest BCUT2D eigenvalue weighted by Crippen LogP contribution is -2.57. The quantitative estimate of drug-likeness (QED) is 0.789. The van der Waals surface area contributed by atoms with E-state index in [0.29, 0.717) is 24.3 Å². The number of hydrogen-bond donors (Lipinski definition) is 2. The number of amides is 2. The summed E-state index contributed by atoms with van der Waals surface area (Å²) in [5, 5.41) is 11.8. The van der Waals surface area contributed by atoms with Gasteiger partial charge in [-0.1, -0.05) is 15.9 Å². The zero-order chi connectivity index (χ0) is 17.3. The van der Waals surface area contributed by atoms with Crippen molar-refractivity contribution in [3.05, 3.63) is 22.7 Å². The summed E-state index contributed by atoms with van der Waals surface area (Å²) < 4.78 is 6.20. The average molecular weight is 397 g/mol. The Morgan fingerprint density at radius 2 is 2.12 bits per heavy atom. The van der Waals surface area contributed by atoms with E-state index in [1.54, 1.807) is 18.2 Å². The molecule has 7 nitrogen and oxygen atoms in total. The van der Waals surface area contributed by atoms with Gasteiger partial charge in [0.05, 0.1) is 17.6 Å². The maximum atomic E-state index is 12.4. The molecule has 128 valence electrons. The Morgan fingerprint density at radius 3 is 2.75 bits per heavy atom. The van der Waals surface area contributed by atoms with Gasteiger partial charge in [0.1, 0.15) is 12.3 Å². The first-order valence-corrected chi connectivity index (χ1v) is 8.43. The van der Waals surface area contributed by atoms with Crippen molar-refractivity contribution in [3.63, 3.8) is 0 Å². The summed E-state index contributed by atoms with van der Waals surface area (Å²) in [6.45, 7) is -0.283. The lowest BCUT2D eigenvalue weighted by atomic mass is 9.74. The summed E-state index contributed by atoms with van der Waals surface area (Å²) in [4.78, 5) is 36.9. The van der Waals surface area contributed by atoms with Crippen molar-refractivity contribution in [2.75, 3.05) is 18.1 Å². The molecule has 24 heavy (non-hydrogen) atoms. The minimum absolute atomic E-state index is 0.0979. The van der Waals surface area contributed by atoms with Crippen LogP contribution in [0.3, 0.4) is 0 Å². The Kier molecular flexibility index (Phi) is 4.49. The average Bonchev–Trinajstić information content (AvgIpc) is 2.47. The van der Waals surface area contributed by atoms with Crippen LogP contribution in [-0.4, -0.2) is 41.6 Å². The van der Waals surface area contributed by atoms with Crippen LogP contribution >= 0.6 is 15.9 Å². The molecule has 0 radical (unpaired) electrons. The van der Waals surface area contributed by atoms with Gasteiger partial charge >= 0.3 is 5.97 Å². The van der Waals surface area contributed by atoms with Crippen LogP contribution in [0.5, 0.6) is 5.75 Å².